The SMILES string of the molecule is CC1C(B2OC(C)(C)C(C)(C)O2)=CCCN1C(=O)OC(C)(C)C. The smallest absolute Gasteiger partial charge is 0.444 e. The van der Waals surface area contributed by atoms with E-state index in [1.807, 2.05) is 55.4 Å². The second-order valence-corrected chi connectivity index (χ2v) is 8.43. The number of nitrogens with zero attached hydrogens (tertiary/aromatic N) is 1. The molecule has 0 radical (unpaired) electrons. The fourth-order valence-corrected chi connectivity index (χ4v) is 2.76. The lowest BCUT2D eigenvalue weighted by atomic mass is 9.72. The molecule has 2 heterocycles. The van der Waals surface area contributed by atoms with E-state index in [1.54, 1.807) is 4.90 Å². The first-order valence-corrected chi connectivity index (χ1v) is 8.39. The van der Waals surface area contributed by atoms with E-state index < -0.39 is 12.7 Å². The summed E-state index contributed by atoms with van der Waals surface area (Å²) in [6.07, 6.45) is 2.63. The largest absolute Gasteiger partial charge is 0.492 e. The van der Waals surface area contributed by atoms with Crippen LogP contribution in [0.15, 0.2) is 11.5 Å². The fraction of sp³-hybridized carbons (Fsp3) is 0.824. The summed E-state index contributed by atoms with van der Waals surface area (Å²) in [6, 6.07) is -0.103. The Bertz CT molecular complexity index is 491. The van der Waals surface area contributed by atoms with Crippen LogP contribution in [0.1, 0.15) is 61.8 Å². The predicted molar refractivity (Wildman–Crippen MR) is 91.2 cm³/mol. The Hall–Kier alpha value is -1.01. The summed E-state index contributed by atoms with van der Waals surface area (Å²) >= 11 is 0. The highest BCUT2D eigenvalue weighted by molar-refractivity contribution is 6.55. The first kappa shape index (κ1) is 18.3. The van der Waals surface area contributed by atoms with Crippen LogP contribution < -0.4 is 0 Å². The fourth-order valence-electron chi connectivity index (χ4n) is 2.76. The lowest BCUT2D eigenvalue weighted by Gasteiger charge is -2.36. The summed E-state index contributed by atoms with van der Waals surface area (Å²) in [5, 5.41) is 0. The number of rotatable bonds is 1. The number of hydrogen-bond donors (Lipinski definition) is 0. The molecule has 0 aromatic heterocycles. The van der Waals surface area contributed by atoms with E-state index >= 15 is 0 Å². The molecule has 0 spiro atoms. The third kappa shape index (κ3) is 3.74. The molecule has 130 valence electrons. The second-order valence-electron chi connectivity index (χ2n) is 8.43. The van der Waals surface area contributed by atoms with Gasteiger partial charge >= 0.3 is 13.2 Å². The summed E-state index contributed by atoms with van der Waals surface area (Å²) in [5.41, 5.74) is -0.262. The van der Waals surface area contributed by atoms with E-state index in [0.717, 1.165) is 11.9 Å². The Labute approximate surface area is 140 Å². The number of carbonyl (C=O) groups excluding carboxylic acids is 1. The van der Waals surface area contributed by atoms with Crippen molar-refractivity contribution < 1.29 is 18.8 Å². The molecule has 1 amide bonds. The Balaban J connectivity index is 2.13. The average molecular weight is 323 g/mol. The number of ether oxygens (including phenoxy) is 1. The molecule has 1 atom stereocenters. The van der Waals surface area contributed by atoms with Gasteiger partial charge in [-0.3, -0.25) is 0 Å². The zero-order valence-electron chi connectivity index (χ0n) is 15.7. The quantitative estimate of drug-likeness (QED) is 0.692. The topological polar surface area (TPSA) is 48.0 Å². The molecule has 2 aliphatic heterocycles. The van der Waals surface area contributed by atoms with E-state index in [4.69, 9.17) is 14.0 Å². The van der Waals surface area contributed by atoms with Crippen molar-refractivity contribution in [1.82, 2.24) is 4.90 Å². The van der Waals surface area contributed by atoms with Gasteiger partial charge in [0.05, 0.1) is 17.2 Å². The van der Waals surface area contributed by atoms with Crippen molar-refractivity contribution in [2.24, 2.45) is 0 Å². The van der Waals surface area contributed by atoms with E-state index in [9.17, 15) is 4.79 Å². The molecule has 1 saturated heterocycles. The molecule has 23 heavy (non-hydrogen) atoms. The molecule has 0 aromatic carbocycles. The van der Waals surface area contributed by atoms with Gasteiger partial charge in [-0.05, 0) is 67.3 Å². The highest BCUT2D eigenvalue weighted by atomic mass is 16.7. The zero-order chi connectivity index (χ0) is 17.6. The normalized spacial score (nSPS) is 27.0. The molecular weight excluding hydrogens is 293 g/mol. The van der Waals surface area contributed by atoms with Crippen LogP contribution in [-0.2, 0) is 14.0 Å². The van der Waals surface area contributed by atoms with Crippen molar-refractivity contribution >= 4 is 13.2 Å². The van der Waals surface area contributed by atoms with Crippen LogP contribution >= 0.6 is 0 Å². The van der Waals surface area contributed by atoms with Crippen LogP contribution in [0.4, 0.5) is 4.79 Å². The van der Waals surface area contributed by atoms with Gasteiger partial charge in [0.1, 0.15) is 5.60 Å². The highest BCUT2D eigenvalue weighted by Crippen LogP contribution is 2.40. The third-order valence-corrected chi connectivity index (χ3v) is 4.85. The van der Waals surface area contributed by atoms with Gasteiger partial charge in [-0.2, -0.15) is 0 Å². The summed E-state index contributed by atoms with van der Waals surface area (Å²) in [5.74, 6) is 0. The molecule has 1 unspecified atom stereocenters. The van der Waals surface area contributed by atoms with Crippen LogP contribution in [-0.4, -0.2) is 47.5 Å². The van der Waals surface area contributed by atoms with Gasteiger partial charge in [0.25, 0.3) is 0 Å². The minimum atomic E-state index is -0.498. The van der Waals surface area contributed by atoms with Gasteiger partial charge in [0.15, 0.2) is 0 Å². The predicted octanol–water partition coefficient (Wildman–Crippen LogP) is 3.57. The Morgan fingerprint density at radius 3 is 2.26 bits per heavy atom. The molecular formula is C17H30BNO4. The van der Waals surface area contributed by atoms with Crippen LogP contribution in [0, 0.1) is 0 Å². The maximum Gasteiger partial charge on any atom is 0.492 e. The molecule has 2 aliphatic rings. The molecule has 0 bridgehead atoms. The Kier molecular flexibility index (Phi) is 4.64. The van der Waals surface area contributed by atoms with Crippen LogP contribution in [0.2, 0.25) is 0 Å². The number of hydrogen-bond acceptors (Lipinski definition) is 4. The standard InChI is InChI=1S/C17H30BNO4/c1-12-13(18-22-16(5,6)17(7,8)23-18)10-9-11-19(12)14(20)21-15(2,3)4/h10,12H,9,11H2,1-8H3. The third-order valence-electron chi connectivity index (χ3n) is 4.85. The van der Waals surface area contributed by atoms with Gasteiger partial charge in [0.2, 0.25) is 0 Å². The molecule has 0 saturated carbocycles. The van der Waals surface area contributed by atoms with E-state index in [2.05, 4.69) is 6.08 Å². The van der Waals surface area contributed by atoms with Gasteiger partial charge in [-0.15, -0.1) is 0 Å². The van der Waals surface area contributed by atoms with Crippen molar-refractivity contribution in [3.8, 4) is 0 Å². The maximum absolute atomic E-state index is 12.4. The van der Waals surface area contributed by atoms with Gasteiger partial charge < -0.3 is 18.9 Å². The van der Waals surface area contributed by atoms with Crippen molar-refractivity contribution in [1.29, 1.82) is 0 Å². The second kappa shape index (κ2) is 5.81. The summed E-state index contributed by atoms with van der Waals surface area (Å²) < 4.78 is 17.8. The summed E-state index contributed by atoms with van der Waals surface area (Å²) in [4.78, 5) is 14.2. The van der Waals surface area contributed by atoms with E-state index in [1.165, 1.54) is 0 Å². The molecule has 6 heteroatoms. The lowest BCUT2D eigenvalue weighted by Crippen LogP contribution is -2.48. The zero-order valence-corrected chi connectivity index (χ0v) is 15.7. The van der Waals surface area contributed by atoms with Crippen LogP contribution in [0.3, 0.4) is 0 Å². The molecule has 5 nitrogen and oxygen atoms in total. The van der Waals surface area contributed by atoms with E-state index in [-0.39, 0.29) is 23.3 Å². The summed E-state index contributed by atoms with van der Waals surface area (Å²) in [6.45, 7) is 16.4. The average Bonchev–Trinajstić information content (AvgIpc) is 2.56. The lowest BCUT2D eigenvalue weighted by molar-refractivity contribution is 0.00578. The van der Waals surface area contributed by atoms with Crippen molar-refractivity contribution in [3.63, 3.8) is 0 Å². The van der Waals surface area contributed by atoms with Gasteiger partial charge in [-0.1, -0.05) is 6.08 Å². The minimum absolute atomic E-state index is 0.103. The monoisotopic (exact) mass is 323 g/mol. The first-order chi connectivity index (χ1) is 10.3. The minimum Gasteiger partial charge on any atom is -0.444 e. The summed E-state index contributed by atoms with van der Waals surface area (Å²) in [7, 11) is -0.416. The van der Waals surface area contributed by atoms with Gasteiger partial charge in [-0.25, -0.2) is 4.79 Å². The Morgan fingerprint density at radius 2 is 1.78 bits per heavy atom. The van der Waals surface area contributed by atoms with Gasteiger partial charge in [0, 0.05) is 6.54 Å². The molecule has 0 N–H and O–H groups in total. The van der Waals surface area contributed by atoms with Crippen LogP contribution in [0.5, 0.6) is 0 Å². The van der Waals surface area contributed by atoms with Crippen molar-refractivity contribution in [2.45, 2.75) is 84.7 Å². The first-order valence-electron chi connectivity index (χ1n) is 8.39. The molecule has 2 rings (SSSR count). The molecule has 0 aliphatic carbocycles. The van der Waals surface area contributed by atoms with E-state index in [0.29, 0.717) is 6.54 Å². The molecule has 0 aromatic rings. The van der Waals surface area contributed by atoms with Crippen molar-refractivity contribution in [2.75, 3.05) is 6.54 Å². The highest BCUT2D eigenvalue weighted by Gasteiger charge is 2.53. The van der Waals surface area contributed by atoms with Crippen molar-refractivity contribution in [3.05, 3.63) is 11.5 Å². The number of amides is 1. The number of carbonyl (C=O) groups is 1. The van der Waals surface area contributed by atoms with Crippen LogP contribution in [0.25, 0.3) is 0 Å². The maximum atomic E-state index is 12.4. The molecule has 1 fully saturated rings. The Morgan fingerprint density at radius 1 is 1.26 bits per heavy atom.